The number of carbonyl (C=O) groups excluding carboxylic acids is 2. The molecule has 0 aromatic heterocycles. The Morgan fingerprint density at radius 3 is 2.58 bits per heavy atom. The van der Waals surface area contributed by atoms with E-state index in [9.17, 15) is 22.8 Å². The highest BCUT2D eigenvalue weighted by Crippen LogP contribution is 2.34. The van der Waals surface area contributed by atoms with Gasteiger partial charge in [0.1, 0.15) is 0 Å². The van der Waals surface area contributed by atoms with E-state index in [0.29, 0.717) is 37.2 Å². The summed E-state index contributed by atoms with van der Waals surface area (Å²) in [5.74, 6) is -2.17. The first-order chi connectivity index (χ1) is 20.4. The smallest absolute Gasteiger partial charge is 0.475 e. The van der Waals surface area contributed by atoms with Gasteiger partial charge in [-0.25, -0.2) is 14.4 Å². The Balaban J connectivity index is 0.000000821. The maximum atomic E-state index is 13.3. The summed E-state index contributed by atoms with van der Waals surface area (Å²) in [6, 6.07) is 7.67. The number of likely N-dealkylation sites (N-methyl/N-ethyl adjacent to an activating group) is 1. The largest absolute Gasteiger partial charge is 0.490 e. The number of carbonyl (C=O) groups is 3. The Bertz CT molecular complexity index is 1010. The molecule has 15 heteroatoms. The minimum Gasteiger partial charge on any atom is -0.475 e. The number of hydrogen-bond acceptors (Lipinski definition) is 7. The van der Waals surface area contributed by atoms with Crippen LogP contribution in [0, 0.1) is 11.8 Å². The lowest BCUT2D eigenvalue weighted by molar-refractivity contribution is -0.192. The van der Waals surface area contributed by atoms with Gasteiger partial charge in [-0.1, -0.05) is 23.7 Å². The molecule has 11 nitrogen and oxygen atoms in total. The van der Waals surface area contributed by atoms with E-state index in [2.05, 4.69) is 20.7 Å². The van der Waals surface area contributed by atoms with Gasteiger partial charge < -0.3 is 40.2 Å². The fraction of sp³-hybridized carbons (Fsp3) is 0.679. The summed E-state index contributed by atoms with van der Waals surface area (Å²) < 4.78 is 48.3. The summed E-state index contributed by atoms with van der Waals surface area (Å²) in [7, 11) is 3.24. The van der Waals surface area contributed by atoms with E-state index in [1.807, 2.05) is 36.2 Å². The molecule has 2 aliphatic rings. The number of carboxylic acid groups (broad SMARTS) is 1. The second-order valence-corrected chi connectivity index (χ2v) is 10.9. The number of alkyl halides is 3. The van der Waals surface area contributed by atoms with Crippen molar-refractivity contribution >= 4 is 29.7 Å². The Kier molecular flexibility index (Phi) is 15.9. The van der Waals surface area contributed by atoms with Gasteiger partial charge in [0.25, 0.3) is 0 Å². The molecule has 0 aliphatic carbocycles. The topological polar surface area (TPSA) is 138 Å². The van der Waals surface area contributed by atoms with Crippen molar-refractivity contribution in [3.63, 3.8) is 0 Å². The van der Waals surface area contributed by atoms with Crippen LogP contribution in [0.15, 0.2) is 24.3 Å². The van der Waals surface area contributed by atoms with Crippen molar-refractivity contribution < 1.29 is 46.9 Å². The second-order valence-electron chi connectivity index (χ2n) is 10.4. The van der Waals surface area contributed by atoms with Crippen molar-refractivity contribution in [2.45, 2.75) is 50.4 Å². The molecule has 0 radical (unpaired) electrons. The zero-order chi connectivity index (χ0) is 31.8. The molecule has 4 N–H and O–H groups in total. The second kappa shape index (κ2) is 18.8. The van der Waals surface area contributed by atoms with Crippen molar-refractivity contribution in [2.24, 2.45) is 11.8 Å². The molecule has 0 saturated carbocycles. The van der Waals surface area contributed by atoms with Crippen LogP contribution in [0.2, 0.25) is 5.02 Å². The molecular formula is C28H42ClF3N4O7. The SMILES string of the molecule is CNC[C@H](C[C@H]1CCCOC1)NC(=O)N1CCC[C@@H]([C@@H](OCCNC(=O)OC)c2cccc(Cl)c2)C1.O=C(O)C(F)(F)F. The number of piperidine rings is 1. The highest BCUT2D eigenvalue weighted by Gasteiger charge is 2.38. The van der Waals surface area contributed by atoms with Gasteiger partial charge in [-0.3, -0.25) is 0 Å². The molecule has 2 fully saturated rings. The van der Waals surface area contributed by atoms with Gasteiger partial charge in [-0.05, 0) is 62.8 Å². The number of aliphatic carboxylic acids is 1. The van der Waals surface area contributed by atoms with Gasteiger partial charge in [0.15, 0.2) is 0 Å². The van der Waals surface area contributed by atoms with E-state index in [0.717, 1.165) is 57.4 Å². The lowest BCUT2D eigenvalue weighted by Crippen LogP contribution is -2.52. The number of benzene rings is 1. The van der Waals surface area contributed by atoms with Crippen LogP contribution in [0.1, 0.15) is 43.8 Å². The first-order valence-electron chi connectivity index (χ1n) is 14.2. The lowest BCUT2D eigenvalue weighted by Gasteiger charge is -2.38. The molecule has 2 aliphatic heterocycles. The number of amides is 3. The normalized spacial score (nSPS) is 20.2. The average molecular weight is 639 g/mol. The summed E-state index contributed by atoms with van der Waals surface area (Å²) in [4.78, 5) is 35.5. The van der Waals surface area contributed by atoms with Crippen molar-refractivity contribution in [3.8, 4) is 0 Å². The zero-order valence-corrected chi connectivity index (χ0v) is 25.2. The number of likely N-dealkylation sites (tertiary alicyclic amines) is 1. The van der Waals surface area contributed by atoms with Crippen LogP contribution >= 0.6 is 11.6 Å². The third-order valence-corrected chi connectivity index (χ3v) is 7.33. The molecule has 3 rings (SSSR count). The molecule has 2 heterocycles. The number of nitrogens with zero attached hydrogens (tertiary/aromatic N) is 1. The highest BCUT2D eigenvalue weighted by molar-refractivity contribution is 6.30. The first kappa shape index (κ1) is 36.4. The van der Waals surface area contributed by atoms with Crippen LogP contribution in [-0.4, -0.2) is 100 Å². The number of rotatable bonds is 11. The van der Waals surface area contributed by atoms with Crippen LogP contribution in [0.5, 0.6) is 0 Å². The lowest BCUT2D eigenvalue weighted by atomic mass is 9.88. The Hall–Kier alpha value is -2.81. The molecular weight excluding hydrogens is 597 g/mol. The van der Waals surface area contributed by atoms with Crippen molar-refractivity contribution in [2.75, 3.05) is 60.2 Å². The predicted octanol–water partition coefficient (Wildman–Crippen LogP) is 4.21. The molecule has 0 bridgehead atoms. The van der Waals surface area contributed by atoms with E-state index in [1.54, 1.807) is 0 Å². The first-order valence-corrected chi connectivity index (χ1v) is 14.6. The standard InChI is InChI=1S/C26H41ClN4O5.C2HF3O2/c1-28-16-23(14-19-6-5-12-35-18-19)30-25(32)31-11-4-8-21(17-31)24(20-7-3-9-22(27)15-20)36-13-10-29-26(33)34-2;3-2(4,5)1(6)7/h3,7,9,15,19,21,23-24,28H,4-6,8,10-14,16-18H2,1-2H3,(H,29,33)(H,30,32);(H,6,7)/t19-,21-,23+,24+;/m1./s1. The van der Waals surface area contributed by atoms with Gasteiger partial charge in [-0.2, -0.15) is 13.2 Å². The van der Waals surface area contributed by atoms with Crippen LogP contribution in [0.25, 0.3) is 0 Å². The predicted molar refractivity (Wildman–Crippen MR) is 153 cm³/mol. The molecule has 0 unspecified atom stereocenters. The van der Waals surface area contributed by atoms with E-state index >= 15 is 0 Å². The quantitative estimate of drug-likeness (QED) is 0.265. The number of methoxy groups -OCH3 is 1. The van der Waals surface area contributed by atoms with Crippen LogP contribution < -0.4 is 16.0 Å². The maximum absolute atomic E-state index is 13.3. The fourth-order valence-corrected chi connectivity index (χ4v) is 5.34. The molecule has 43 heavy (non-hydrogen) atoms. The van der Waals surface area contributed by atoms with Crippen LogP contribution in [0.3, 0.4) is 0 Å². The van der Waals surface area contributed by atoms with Gasteiger partial charge in [0, 0.05) is 56.4 Å². The van der Waals surface area contributed by atoms with Gasteiger partial charge >= 0.3 is 24.3 Å². The minimum atomic E-state index is -5.08. The molecule has 4 atom stereocenters. The summed E-state index contributed by atoms with van der Waals surface area (Å²) in [5.41, 5.74) is 0.971. The van der Waals surface area contributed by atoms with Crippen LogP contribution in [-0.2, 0) is 19.0 Å². The molecule has 2 saturated heterocycles. The molecule has 3 amide bonds. The van der Waals surface area contributed by atoms with Crippen molar-refractivity contribution in [3.05, 3.63) is 34.9 Å². The van der Waals surface area contributed by atoms with Crippen molar-refractivity contribution in [1.29, 1.82) is 0 Å². The third kappa shape index (κ3) is 13.6. The monoisotopic (exact) mass is 638 g/mol. The van der Waals surface area contributed by atoms with Gasteiger partial charge in [-0.15, -0.1) is 0 Å². The Morgan fingerprint density at radius 1 is 1.23 bits per heavy atom. The van der Waals surface area contributed by atoms with E-state index in [-0.39, 0.29) is 24.1 Å². The molecule has 244 valence electrons. The van der Waals surface area contributed by atoms with E-state index in [1.165, 1.54) is 7.11 Å². The van der Waals surface area contributed by atoms with E-state index < -0.39 is 18.2 Å². The minimum absolute atomic E-state index is 0.0334. The van der Waals surface area contributed by atoms with Gasteiger partial charge in [0.2, 0.25) is 0 Å². The number of nitrogens with one attached hydrogen (secondary N) is 3. The number of alkyl carbamates (subject to hydrolysis) is 1. The third-order valence-electron chi connectivity index (χ3n) is 7.10. The number of urea groups is 1. The number of ether oxygens (including phenoxy) is 3. The Labute approximate surface area is 254 Å². The van der Waals surface area contributed by atoms with Crippen molar-refractivity contribution in [1.82, 2.24) is 20.9 Å². The van der Waals surface area contributed by atoms with Gasteiger partial charge in [0.05, 0.1) is 19.8 Å². The average Bonchev–Trinajstić information content (AvgIpc) is 2.97. The molecule has 1 aromatic rings. The summed E-state index contributed by atoms with van der Waals surface area (Å²) in [5, 5.41) is 16.9. The number of halogens is 4. The molecule has 0 spiro atoms. The van der Waals surface area contributed by atoms with Crippen LogP contribution in [0.4, 0.5) is 22.8 Å². The summed E-state index contributed by atoms with van der Waals surface area (Å²) in [6.45, 7) is 4.29. The number of hydrogen-bond donors (Lipinski definition) is 4. The summed E-state index contributed by atoms with van der Waals surface area (Å²) in [6.07, 6.45) is -0.854. The highest BCUT2D eigenvalue weighted by atomic mass is 35.5. The van der Waals surface area contributed by atoms with E-state index in [4.69, 9.17) is 31.0 Å². The molecule has 1 aromatic carbocycles. The maximum Gasteiger partial charge on any atom is 0.490 e. The fourth-order valence-electron chi connectivity index (χ4n) is 5.14. The Morgan fingerprint density at radius 2 is 1.98 bits per heavy atom. The zero-order valence-electron chi connectivity index (χ0n) is 24.5. The number of carboxylic acids is 1. The summed E-state index contributed by atoms with van der Waals surface area (Å²) >= 11 is 6.28.